The van der Waals surface area contributed by atoms with Crippen LogP contribution in [-0.4, -0.2) is 57.7 Å². The van der Waals surface area contributed by atoms with E-state index >= 15 is 0 Å². The topological polar surface area (TPSA) is 140 Å². The molecule has 11 heteroatoms. The summed E-state index contributed by atoms with van der Waals surface area (Å²) in [5.41, 5.74) is -0.719. The van der Waals surface area contributed by atoms with Gasteiger partial charge < -0.3 is 20.1 Å². The molecule has 0 radical (unpaired) electrons. The highest BCUT2D eigenvalue weighted by molar-refractivity contribution is 7.89. The Hall–Kier alpha value is -2.66. The number of rotatable bonds is 11. The number of esters is 1. The lowest BCUT2D eigenvalue weighted by molar-refractivity contribution is -0.145. The third-order valence-corrected chi connectivity index (χ3v) is 5.16. The first-order chi connectivity index (χ1) is 14.4. The van der Waals surface area contributed by atoms with Crippen molar-refractivity contribution in [3.63, 3.8) is 0 Å². The van der Waals surface area contributed by atoms with Crippen molar-refractivity contribution in [2.45, 2.75) is 57.1 Å². The number of hydrogen-bond acceptors (Lipinski definition) is 7. The van der Waals surface area contributed by atoms with Gasteiger partial charge in [0.15, 0.2) is 0 Å². The maximum absolute atomic E-state index is 12.6. The summed E-state index contributed by atoms with van der Waals surface area (Å²) in [6.07, 6.45) is 0.638. The lowest BCUT2D eigenvalue weighted by Gasteiger charge is -2.20. The number of hydrogen-bond donors (Lipinski definition) is 3. The zero-order valence-electron chi connectivity index (χ0n) is 18.3. The molecule has 0 spiro atoms. The summed E-state index contributed by atoms with van der Waals surface area (Å²) in [5, 5.41) is 4.69. The predicted molar refractivity (Wildman–Crippen MR) is 114 cm³/mol. The normalized spacial score (nSPS) is 12.5. The molecule has 3 N–H and O–H groups in total. The number of carbonyl (C=O) groups is 3. The van der Waals surface area contributed by atoms with Gasteiger partial charge in [0.25, 0.3) is 0 Å². The van der Waals surface area contributed by atoms with Gasteiger partial charge >= 0.3 is 12.1 Å². The van der Waals surface area contributed by atoms with E-state index in [0.29, 0.717) is 6.42 Å². The lowest BCUT2D eigenvalue weighted by atomic mass is 10.2. The van der Waals surface area contributed by atoms with Crippen molar-refractivity contribution < 1.29 is 32.3 Å². The molecule has 1 aromatic carbocycles. The van der Waals surface area contributed by atoms with E-state index in [1.165, 1.54) is 12.1 Å². The second kappa shape index (κ2) is 12.3. The van der Waals surface area contributed by atoms with Gasteiger partial charge in [-0.05, 0) is 39.3 Å². The molecule has 0 aliphatic carbocycles. The Morgan fingerprint density at radius 1 is 1.06 bits per heavy atom. The van der Waals surface area contributed by atoms with Crippen molar-refractivity contribution in [2.24, 2.45) is 0 Å². The molecule has 10 nitrogen and oxygen atoms in total. The summed E-state index contributed by atoms with van der Waals surface area (Å²) < 4.78 is 37.5. The van der Waals surface area contributed by atoms with E-state index in [-0.39, 0.29) is 18.0 Å². The number of alkyl carbamates (subject to hydrolysis) is 1. The fraction of sp³-hybridized carbons (Fsp3) is 0.550. The van der Waals surface area contributed by atoms with Crippen molar-refractivity contribution in [1.82, 2.24) is 15.4 Å². The van der Waals surface area contributed by atoms with Crippen LogP contribution < -0.4 is 15.4 Å². The molecule has 0 aromatic heterocycles. The quantitative estimate of drug-likeness (QED) is 0.336. The summed E-state index contributed by atoms with van der Waals surface area (Å²) in [6.45, 7) is 6.33. The molecule has 0 saturated carbocycles. The zero-order chi connectivity index (χ0) is 23.5. The monoisotopic (exact) mass is 457 g/mol. The van der Waals surface area contributed by atoms with Gasteiger partial charge in [-0.15, -0.1) is 0 Å². The minimum atomic E-state index is -4.02. The van der Waals surface area contributed by atoms with Gasteiger partial charge in [-0.25, -0.2) is 13.2 Å². The van der Waals surface area contributed by atoms with Crippen molar-refractivity contribution in [3.8, 4) is 0 Å². The summed E-state index contributed by atoms with van der Waals surface area (Å²) in [7, 11) is -4.02. The second-order valence-corrected chi connectivity index (χ2v) is 9.38. The molecule has 1 unspecified atom stereocenters. The van der Waals surface area contributed by atoms with Crippen LogP contribution in [0.25, 0.3) is 0 Å². The Labute approximate surface area is 183 Å². The van der Waals surface area contributed by atoms with Gasteiger partial charge in [-0.3, -0.25) is 9.59 Å². The summed E-state index contributed by atoms with van der Waals surface area (Å²) in [5.74, 6) is -1.44. The number of sulfonamides is 1. The Morgan fingerprint density at radius 2 is 1.71 bits per heavy atom. The van der Waals surface area contributed by atoms with Gasteiger partial charge in [0.05, 0.1) is 18.0 Å². The van der Waals surface area contributed by atoms with Crippen LogP contribution >= 0.6 is 0 Å². The molecule has 0 saturated heterocycles. The maximum atomic E-state index is 12.6. The third-order valence-electron chi connectivity index (χ3n) is 3.67. The van der Waals surface area contributed by atoms with Gasteiger partial charge in [-0.2, -0.15) is 4.72 Å². The van der Waals surface area contributed by atoms with Gasteiger partial charge in [-0.1, -0.05) is 31.5 Å². The number of carbonyl (C=O) groups excluding carboxylic acids is 3. The van der Waals surface area contributed by atoms with E-state index in [0.717, 1.165) is 6.42 Å². The average molecular weight is 458 g/mol. The summed E-state index contributed by atoms with van der Waals surface area (Å²) in [4.78, 5) is 36.0. The average Bonchev–Trinajstić information content (AvgIpc) is 2.69. The minimum absolute atomic E-state index is 0.0284. The minimum Gasteiger partial charge on any atom is -0.464 e. The highest BCUT2D eigenvalue weighted by Crippen LogP contribution is 2.09. The van der Waals surface area contributed by atoms with E-state index in [9.17, 15) is 22.8 Å². The van der Waals surface area contributed by atoms with Gasteiger partial charge in [0, 0.05) is 6.54 Å². The van der Waals surface area contributed by atoms with Crippen LogP contribution in [0.3, 0.4) is 0 Å². The standard InChI is InChI=1S/C20H31N3O7S/c1-5-6-12-29-18(25)16(23-31(27,28)15-10-8-7-9-11-15)13-21-17(24)14-22-19(26)30-20(2,3)4/h7-11,16,23H,5-6,12-14H2,1-4H3,(H,21,24)(H,22,26). The van der Waals surface area contributed by atoms with Crippen LogP contribution in [0, 0.1) is 0 Å². The molecule has 0 bridgehead atoms. The fourth-order valence-electron chi connectivity index (χ4n) is 2.19. The molecule has 0 aliphatic heterocycles. The number of benzene rings is 1. The van der Waals surface area contributed by atoms with Crippen LogP contribution in [0.2, 0.25) is 0 Å². The van der Waals surface area contributed by atoms with Crippen molar-refractivity contribution in [3.05, 3.63) is 30.3 Å². The second-order valence-electron chi connectivity index (χ2n) is 7.67. The van der Waals surface area contributed by atoms with E-state index in [1.54, 1.807) is 39.0 Å². The molecule has 0 heterocycles. The first kappa shape index (κ1) is 26.4. The predicted octanol–water partition coefficient (Wildman–Crippen LogP) is 1.32. The Morgan fingerprint density at radius 3 is 2.29 bits per heavy atom. The Kier molecular flexibility index (Phi) is 10.4. The van der Waals surface area contributed by atoms with E-state index in [4.69, 9.17) is 9.47 Å². The molecule has 31 heavy (non-hydrogen) atoms. The molecular weight excluding hydrogens is 426 g/mol. The maximum Gasteiger partial charge on any atom is 0.408 e. The SMILES string of the molecule is CCCCOC(=O)C(CNC(=O)CNC(=O)OC(C)(C)C)NS(=O)(=O)c1ccccc1. The summed E-state index contributed by atoms with van der Waals surface area (Å²) >= 11 is 0. The molecule has 1 aromatic rings. The van der Waals surface area contributed by atoms with Gasteiger partial charge in [0.1, 0.15) is 11.6 Å². The zero-order valence-corrected chi connectivity index (χ0v) is 19.1. The van der Waals surface area contributed by atoms with Crippen LogP contribution in [-0.2, 0) is 29.1 Å². The van der Waals surface area contributed by atoms with Crippen molar-refractivity contribution in [1.29, 1.82) is 0 Å². The van der Waals surface area contributed by atoms with E-state index in [1.807, 2.05) is 6.92 Å². The van der Waals surface area contributed by atoms with Gasteiger partial charge in [0.2, 0.25) is 15.9 Å². The highest BCUT2D eigenvalue weighted by atomic mass is 32.2. The number of nitrogens with one attached hydrogen (secondary N) is 3. The Bertz CT molecular complexity index is 836. The lowest BCUT2D eigenvalue weighted by Crippen LogP contribution is -2.50. The number of unbranched alkanes of at least 4 members (excludes halogenated alkanes) is 1. The molecule has 2 amide bonds. The molecule has 1 rings (SSSR count). The largest absolute Gasteiger partial charge is 0.464 e. The van der Waals surface area contributed by atoms with Crippen molar-refractivity contribution >= 4 is 28.0 Å². The molecular formula is C20H31N3O7S. The highest BCUT2D eigenvalue weighted by Gasteiger charge is 2.27. The van der Waals surface area contributed by atoms with E-state index in [2.05, 4.69) is 15.4 Å². The summed E-state index contributed by atoms with van der Waals surface area (Å²) in [6, 6.07) is 6.18. The third kappa shape index (κ3) is 10.8. The Balaban J connectivity index is 2.73. The molecule has 174 valence electrons. The van der Waals surface area contributed by atoms with Crippen LogP contribution in [0.5, 0.6) is 0 Å². The number of amides is 2. The first-order valence-corrected chi connectivity index (χ1v) is 11.4. The van der Waals surface area contributed by atoms with E-state index < -0.39 is 46.2 Å². The number of ether oxygens (including phenoxy) is 2. The van der Waals surface area contributed by atoms with Crippen LogP contribution in [0.15, 0.2) is 35.2 Å². The van der Waals surface area contributed by atoms with Crippen LogP contribution in [0.4, 0.5) is 4.79 Å². The molecule has 0 fully saturated rings. The molecule has 1 atom stereocenters. The van der Waals surface area contributed by atoms with Crippen molar-refractivity contribution in [2.75, 3.05) is 19.7 Å². The smallest absolute Gasteiger partial charge is 0.408 e. The van der Waals surface area contributed by atoms with Crippen LogP contribution in [0.1, 0.15) is 40.5 Å². The molecule has 0 aliphatic rings. The fourth-order valence-corrected chi connectivity index (χ4v) is 3.40. The first-order valence-electron chi connectivity index (χ1n) is 9.92.